The molecular formula is C12H20O5. The number of rotatable bonds is 9. The van der Waals surface area contributed by atoms with Gasteiger partial charge in [0.2, 0.25) is 0 Å². The zero-order chi connectivity index (χ0) is 12.9. The van der Waals surface area contributed by atoms with Gasteiger partial charge in [-0.2, -0.15) is 0 Å². The third kappa shape index (κ3) is 10.9. The van der Waals surface area contributed by atoms with Crippen LogP contribution in [0.3, 0.4) is 0 Å². The SMILES string of the molecule is CCCCOC(=O)C=CC(=O)OCCCCO. The first kappa shape index (κ1) is 15.6. The lowest BCUT2D eigenvalue weighted by molar-refractivity contribution is -0.140. The molecule has 0 aliphatic rings. The van der Waals surface area contributed by atoms with E-state index in [2.05, 4.69) is 0 Å². The van der Waals surface area contributed by atoms with E-state index in [0.29, 0.717) is 19.4 Å². The van der Waals surface area contributed by atoms with Crippen LogP contribution >= 0.6 is 0 Å². The number of unbranched alkanes of at least 4 members (excludes halogenated alkanes) is 2. The molecule has 98 valence electrons. The summed E-state index contributed by atoms with van der Waals surface area (Å²) in [4.78, 5) is 22.1. The Balaban J connectivity index is 3.60. The van der Waals surface area contributed by atoms with E-state index in [0.717, 1.165) is 25.0 Å². The summed E-state index contributed by atoms with van der Waals surface area (Å²) in [5.74, 6) is -1.11. The summed E-state index contributed by atoms with van der Waals surface area (Å²) in [5.41, 5.74) is 0. The van der Waals surface area contributed by atoms with Gasteiger partial charge in [0.15, 0.2) is 0 Å². The zero-order valence-corrected chi connectivity index (χ0v) is 10.2. The largest absolute Gasteiger partial charge is 0.463 e. The summed E-state index contributed by atoms with van der Waals surface area (Å²) in [5, 5.41) is 8.49. The van der Waals surface area contributed by atoms with Crippen molar-refractivity contribution in [3.05, 3.63) is 12.2 Å². The van der Waals surface area contributed by atoms with Crippen LogP contribution in [0.5, 0.6) is 0 Å². The number of hydrogen-bond donors (Lipinski definition) is 1. The molecule has 0 amide bonds. The van der Waals surface area contributed by atoms with Gasteiger partial charge in [0, 0.05) is 18.8 Å². The standard InChI is InChI=1S/C12H20O5/c1-2-3-9-16-11(14)6-7-12(15)17-10-5-4-8-13/h6-7,13H,2-5,8-10H2,1H3. The second kappa shape index (κ2) is 11.1. The quantitative estimate of drug-likeness (QED) is 0.375. The average molecular weight is 244 g/mol. The maximum absolute atomic E-state index is 11.1. The highest BCUT2D eigenvalue weighted by atomic mass is 16.5. The molecule has 1 N–H and O–H groups in total. The van der Waals surface area contributed by atoms with E-state index >= 15 is 0 Å². The second-order valence-corrected chi connectivity index (χ2v) is 3.45. The van der Waals surface area contributed by atoms with E-state index in [1.165, 1.54) is 0 Å². The zero-order valence-electron chi connectivity index (χ0n) is 10.2. The van der Waals surface area contributed by atoms with Gasteiger partial charge in [-0.15, -0.1) is 0 Å². The summed E-state index contributed by atoms with van der Waals surface area (Å²) in [6.07, 6.45) is 5.07. The lowest BCUT2D eigenvalue weighted by atomic mass is 10.3. The fraction of sp³-hybridized carbons (Fsp3) is 0.667. The molecule has 5 nitrogen and oxygen atoms in total. The fourth-order valence-corrected chi connectivity index (χ4v) is 0.936. The van der Waals surface area contributed by atoms with E-state index < -0.39 is 11.9 Å². The fourth-order valence-electron chi connectivity index (χ4n) is 0.936. The van der Waals surface area contributed by atoms with Crippen molar-refractivity contribution in [1.82, 2.24) is 0 Å². The molecule has 0 fully saturated rings. The molecule has 0 aromatic rings. The topological polar surface area (TPSA) is 72.8 Å². The first-order chi connectivity index (χ1) is 8.20. The summed E-state index contributed by atoms with van der Waals surface area (Å²) in [6, 6.07) is 0. The average Bonchev–Trinajstić information content (AvgIpc) is 2.32. The van der Waals surface area contributed by atoms with Crippen LogP contribution in [0.25, 0.3) is 0 Å². The van der Waals surface area contributed by atoms with E-state index in [4.69, 9.17) is 14.6 Å². The van der Waals surface area contributed by atoms with E-state index in [1.807, 2.05) is 6.92 Å². The third-order valence-electron chi connectivity index (χ3n) is 1.89. The van der Waals surface area contributed by atoms with Gasteiger partial charge in [-0.05, 0) is 19.3 Å². The Bertz CT molecular complexity index is 247. The molecule has 0 aliphatic heterocycles. The van der Waals surface area contributed by atoms with E-state index in [-0.39, 0.29) is 13.2 Å². The van der Waals surface area contributed by atoms with Crippen molar-refractivity contribution >= 4 is 11.9 Å². The Morgan fingerprint density at radius 3 is 2.00 bits per heavy atom. The first-order valence-electron chi connectivity index (χ1n) is 5.83. The van der Waals surface area contributed by atoms with Crippen LogP contribution in [-0.2, 0) is 19.1 Å². The van der Waals surface area contributed by atoms with E-state index in [1.54, 1.807) is 0 Å². The molecular weight excluding hydrogens is 224 g/mol. The monoisotopic (exact) mass is 244 g/mol. The van der Waals surface area contributed by atoms with Crippen LogP contribution in [0.1, 0.15) is 32.6 Å². The van der Waals surface area contributed by atoms with Gasteiger partial charge in [-0.1, -0.05) is 13.3 Å². The van der Waals surface area contributed by atoms with Crippen molar-refractivity contribution < 1.29 is 24.2 Å². The molecule has 0 aromatic heterocycles. The number of aliphatic hydroxyl groups excluding tert-OH is 1. The van der Waals surface area contributed by atoms with Crippen molar-refractivity contribution in [2.75, 3.05) is 19.8 Å². The van der Waals surface area contributed by atoms with Gasteiger partial charge in [0.05, 0.1) is 13.2 Å². The lowest BCUT2D eigenvalue weighted by Crippen LogP contribution is -2.06. The Labute approximate surface area is 101 Å². The molecule has 0 saturated heterocycles. The number of hydrogen-bond acceptors (Lipinski definition) is 5. The van der Waals surface area contributed by atoms with Gasteiger partial charge < -0.3 is 14.6 Å². The molecule has 0 spiro atoms. The molecule has 0 rings (SSSR count). The number of ether oxygens (including phenoxy) is 2. The highest BCUT2D eigenvalue weighted by Gasteiger charge is 2.00. The predicted molar refractivity (Wildman–Crippen MR) is 62.3 cm³/mol. The molecule has 0 radical (unpaired) electrons. The van der Waals surface area contributed by atoms with Crippen LogP contribution in [-0.4, -0.2) is 36.9 Å². The summed E-state index contributed by atoms with van der Waals surface area (Å²) < 4.78 is 9.58. The van der Waals surface area contributed by atoms with Crippen LogP contribution in [0, 0.1) is 0 Å². The second-order valence-electron chi connectivity index (χ2n) is 3.45. The van der Waals surface area contributed by atoms with Gasteiger partial charge in [0.25, 0.3) is 0 Å². The lowest BCUT2D eigenvalue weighted by Gasteiger charge is -2.00. The van der Waals surface area contributed by atoms with Gasteiger partial charge in [0.1, 0.15) is 0 Å². The number of esters is 2. The Kier molecular flexibility index (Phi) is 10.2. The van der Waals surface area contributed by atoms with Crippen LogP contribution < -0.4 is 0 Å². The minimum atomic E-state index is -0.574. The summed E-state index contributed by atoms with van der Waals surface area (Å²) >= 11 is 0. The molecule has 5 heteroatoms. The molecule has 0 aliphatic carbocycles. The van der Waals surface area contributed by atoms with Gasteiger partial charge in [-0.25, -0.2) is 9.59 Å². The van der Waals surface area contributed by atoms with Crippen LogP contribution in [0.2, 0.25) is 0 Å². The van der Waals surface area contributed by atoms with E-state index in [9.17, 15) is 9.59 Å². The Morgan fingerprint density at radius 2 is 1.53 bits per heavy atom. The number of carbonyl (C=O) groups is 2. The van der Waals surface area contributed by atoms with Gasteiger partial charge >= 0.3 is 11.9 Å². The summed E-state index contributed by atoms with van der Waals surface area (Å²) in [7, 11) is 0. The smallest absolute Gasteiger partial charge is 0.331 e. The Morgan fingerprint density at radius 1 is 1.00 bits per heavy atom. The molecule has 0 aromatic carbocycles. The molecule has 0 heterocycles. The summed E-state index contributed by atoms with van der Waals surface area (Å²) in [6.45, 7) is 2.68. The Hall–Kier alpha value is -1.36. The number of carbonyl (C=O) groups excluding carboxylic acids is 2. The minimum absolute atomic E-state index is 0.0805. The predicted octanol–water partition coefficient (Wildman–Crippen LogP) is 1.20. The van der Waals surface area contributed by atoms with Crippen molar-refractivity contribution in [3.63, 3.8) is 0 Å². The maximum atomic E-state index is 11.1. The molecule has 0 bridgehead atoms. The normalized spacial score (nSPS) is 10.5. The van der Waals surface area contributed by atoms with Crippen LogP contribution in [0.4, 0.5) is 0 Å². The molecule has 0 unspecified atom stereocenters. The van der Waals surface area contributed by atoms with Crippen LogP contribution in [0.15, 0.2) is 12.2 Å². The van der Waals surface area contributed by atoms with Crippen molar-refractivity contribution in [2.24, 2.45) is 0 Å². The third-order valence-corrected chi connectivity index (χ3v) is 1.89. The first-order valence-corrected chi connectivity index (χ1v) is 5.83. The number of aliphatic hydroxyl groups is 1. The maximum Gasteiger partial charge on any atom is 0.331 e. The van der Waals surface area contributed by atoms with Crippen molar-refractivity contribution in [1.29, 1.82) is 0 Å². The highest BCUT2D eigenvalue weighted by Crippen LogP contribution is 1.92. The van der Waals surface area contributed by atoms with Crippen molar-refractivity contribution in [3.8, 4) is 0 Å². The molecule has 0 saturated carbocycles. The molecule has 17 heavy (non-hydrogen) atoms. The minimum Gasteiger partial charge on any atom is -0.463 e. The van der Waals surface area contributed by atoms with Gasteiger partial charge in [-0.3, -0.25) is 0 Å². The molecule has 0 atom stereocenters. The highest BCUT2D eigenvalue weighted by molar-refractivity contribution is 5.91. The van der Waals surface area contributed by atoms with Crippen molar-refractivity contribution in [2.45, 2.75) is 32.6 Å².